The van der Waals surface area contributed by atoms with Gasteiger partial charge in [-0.25, -0.2) is 0 Å². The molecular formula is C15H19N3OS. The number of fused-ring (bicyclic) bond motifs is 1. The van der Waals surface area contributed by atoms with Crippen molar-refractivity contribution in [2.45, 2.75) is 25.2 Å². The van der Waals surface area contributed by atoms with Crippen molar-refractivity contribution in [2.24, 2.45) is 16.8 Å². The molecule has 0 saturated heterocycles. The van der Waals surface area contributed by atoms with Crippen molar-refractivity contribution in [3.63, 3.8) is 0 Å². The normalized spacial score (nSPS) is 12.2. The number of para-hydroxylation sites is 1. The van der Waals surface area contributed by atoms with Crippen molar-refractivity contribution in [3.8, 4) is 0 Å². The number of amidine groups is 1. The van der Waals surface area contributed by atoms with Crippen LogP contribution < -0.4 is 5.73 Å². The summed E-state index contributed by atoms with van der Waals surface area (Å²) in [4.78, 5) is 5.40. The number of nitrogens with zero attached hydrogens (tertiary/aromatic N) is 2. The van der Waals surface area contributed by atoms with Crippen LogP contribution in [0.15, 0.2) is 40.5 Å². The van der Waals surface area contributed by atoms with Gasteiger partial charge in [0.15, 0.2) is 5.84 Å². The highest BCUT2D eigenvalue weighted by molar-refractivity contribution is 7.99. The maximum absolute atomic E-state index is 8.92. The Morgan fingerprint density at radius 2 is 2.15 bits per heavy atom. The molecule has 0 atom stereocenters. The number of benzene rings is 1. The first-order chi connectivity index (χ1) is 9.63. The first-order valence-electron chi connectivity index (χ1n) is 6.62. The molecule has 0 radical (unpaired) electrons. The summed E-state index contributed by atoms with van der Waals surface area (Å²) in [5, 5.41) is 13.1. The highest BCUT2D eigenvalue weighted by atomic mass is 32.2. The Morgan fingerprint density at radius 1 is 1.40 bits per heavy atom. The van der Waals surface area contributed by atoms with E-state index in [1.807, 2.05) is 24.3 Å². The predicted octanol–water partition coefficient (Wildman–Crippen LogP) is 3.47. The topological polar surface area (TPSA) is 71.5 Å². The molecule has 3 N–H and O–H groups in total. The summed E-state index contributed by atoms with van der Waals surface area (Å²) >= 11 is 1.74. The van der Waals surface area contributed by atoms with E-state index >= 15 is 0 Å². The van der Waals surface area contributed by atoms with Crippen LogP contribution in [0.1, 0.15) is 25.8 Å². The third kappa shape index (κ3) is 3.22. The summed E-state index contributed by atoms with van der Waals surface area (Å²) in [7, 11) is 0. The van der Waals surface area contributed by atoms with Crippen LogP contribution >= 0.6 is 11.8 Å². The molecule has 0 aliphatic heterocycles. The molecule has 0 aliphatic carbocycles. The summed E-state index contributed by atoms with van der Waals surface area (Å²) in [6, 6.07) is 7.93. The minimum Gasteiger partial charge on any atom is -0.409 e. The number of oxime groups is 1. The number of thioether (sulfide) groups is 1. The summed E-state index contributed by atoms with van der Waals surface area (Å²) < 4.78 is 0. The summed E-state index contributed by atoms with van der Waals surface area (Å²) in [5.41, 5.74) is 7.38. The molecule has 1 heterocycles. The minimum absolute atomic E-state index is 0.107. The zero-order chi connectivity index (χ0) is 14.5. The van der Waals surface area contributed by atoms with Gasteiger partial charge >= 0.3 is 0 Å². The maximum Gasteiger partial charge on any atom is 0.172 e. The van der Waals surface area contributed by atoms with Gasteiger partial charge in [0.25, 0.3) is 0 Å². The lowest BCUT2D eigenvalue weighted by Crippen LogP contribution is -2.15. The fourth-order valence-electron chi connectivity index (χ4n) is 1.90. The highest BCUT2D eigenvalue weighted by Crippen LogP contribution is 2.31. The van der Waals surface area contributed by atoms with Crippen LogP contribution in [0.5, 0.6) is 0 Å². The Bertz CT molecular complexity index is 626. The van der Waals surface area contributed by atoms with Crippen LogP contribution in [0, 0.1) is 5.92 Å². The van der Waals surface area contributed by atoms with E-state index in [1.54, 1.807) is 18.0 Å². The number of nitrogens with two attached hydrogens (primary N) is 1. The van der Waals surface area contributed by atoms with Gasteiger partial charge in [-0.05, 0) is 24.2 Å². The molecule has 4 nitrogen and oxygen atoms in total. The molecule has 1 aromatic heterocycles. The van der Waals surface area contributed by atoms with Crippen LogP contribution in [0.4, 0.5) is 0 Å². The van der Waals surface area contributed by atoms with Gasteiger partial charge in [0.05, 0.1) is 11.1 Å². The van der Waals surface area contributed by atoms with Gasteiger partial charge in [-0.2, -0.15) is 0 Å². The van der Waals surface area contributed by atoms with Crippen molar-refractivity contribution in [1.29, 1.82) is 0 Å². The number of pyridine rings is 1. The second-order valence-corrected chi connectivity index (χ2v) is 6.14. The second-order valence-electron chi connectivity index (χ2n) is 5.03. The molecule has 20 heavy (non-hydrogen) atoms. The molecule has 0 unspecified atom stereocenters. The quantitative estimate of drug-likeness (QED) is 0.291. The molecule has 2 rings (SSSR count). The average molecular weight is 289 g/mol. The number of hydrogen-bond acceptors (Lipinski definition) is 4. The van der Waals surface area contributed by atoms with E-state index in [1.165, 1.54) is 0 Å². The number of aromatic nitrogens is 1. The molecule has 0 bridgehead atoms. The minimum atomic E-state index is 0.107. The first-order valence-corrected chi connectivity index (χ1v) is 7.60. The Balaban J connectivity index is 2.45. The third-order valence-electron chi connectivity index (χ3n) is 3.05. The molecule has 0 spiro atoms. The van der Waals surface area contributed by atoms with Gasteiger partial charge in [-0.3, -0.25) is 4.98 Å². The van der Waals surface area contributed by atoms with Crippen LogP contribution in [-0.4, -0.2) is 21.8 Å². The largest absolute Gasteiger partial charge is 0.409 e. The van der Waals surface area contributed by atoms with Gasteiger partial charge < -0.3 is 10.9 Å². The zero-order valence-electron chi connectivity index (χ0n) is 11.7. The monoisotopic (exact) mass is 289 g/mol. The van der Waals surface area contributed by atoms with Gasteiger partial charge in [0.2, 0.25) is 0 Å². The third-order valence-corrected chi connectivity index (χ3v) is 4.22. The number of rotatable bonds is 5. The van der Waals surface area contributed by atoms with Gasteiger partial charge in [0.1, 0.15) is 0 Å². The predicted molar refractivity (Wildman–Crippen MR) is 84.4 cm³/mol. The van der Waals surface area contributed by atoms with Crippen molar-refractivity contribution < 1.29 is 5.21 Å². The molecule has 5 heteroatoms. The lowest BCUT2D eigenvalue weighted by Gasteiger charge is -2.12. The van der Waals surface area contributed by atoms with E-state index in [4.69, 9.17) is 10.9 Å². The average Bonchev–Trinajstić information content (AvgIpc) is 2.46. The van der Waals surface area contributed by atoms with Crippen LogP contribution in [0.3, 0.4) is 0 Å². The van der Waals surface area contributed by atoms with E-state index in [0.29, 0.717) is 11.5 Å². The Kier molecular flexibility index (Phi) is 4.84. The second kappa shape index (κ2) is 6.61. The van der Waals surface area contributed by atoms with E-state index in [-0.39, 0.29) is 5.84 Å². The van der Waals surface area contributed by atoms with Crippen LogP contribution in [0.25, 0.3) is 10.9 Å². The smallest absolute Gasteiger partial charge is 0.172 e. The van der Waals surface area contributed by atoms with Crippen LogP contribution in [-0.2, 0) is 0 Å². The Morgan fingerprint density at radius 3 is 2.85 bits per heavy atom. The van der Waals surface area contributed by atoms with Crippen molar-refractivity contribution in [2.75, 3.05) is 5.75 Å². The standard InChI is InChI=1S/C15H19N3OS/c1-10(2)7-8-20-14-11-5-3-4-6-13(11)17-9-12(14)15(16)18-19/h3-6,9-10,19H,7-8H2,1-2H3,(H2,16,18). The highest BCUT2D eigenvalue weighted by Gasteiger charge is 2.12. The Hall–Kier alpha value is -1.75. The van der Waals surface area contributed by atoms with E-state index in [9.17, 15) is 0 Å². The Labute approximate surface area is 123 Å². The molecular weight excluding hydrogens is 270 g/mol. The fourth-order valence-corrected chi connectivity index (χ4v) is 3.34. The van der Waals surface area contributed by atoms with E-state index in [2.05, 4.69) is 24.0 Å². The molecule has 106 valence electrons. The van der Waals surface area contributed by atoms with Crippen molar-refractivity contribution >= 4 is 28.5 Å². The maximum atomic E-state index is 8.92. The lowest BCUT2D eigenvalue weighted by atomic mass is 10.1. The van der Waals surface area contributed by atoms with Gasteiger partial charge in [0, 0.05) is 16.5 Å². The molecule has 0 saturated carbocycles. The van der Waals surface area contributed by atoms with E-state index in [0.717, 1.165) is 28.0 Å². The van der Waals surface area contributed by atoms with Crippen molar-refractivity contribution in [1.82, 2.24) is 4.98 Å². The molecule has 0 amide bonds. The van der Waals surface area contributed by atoms with Gasteiger partial charge in [-0.15, -0.1) is 11.8 Å². The van der Waals surface area contributed by atoms with Crippen LogP contribution in [0.2, 0.25) is 0 Å². The molecule has 0 aliphatic rings. The first kappa shape index (κ1) is 14.7. The summed E-state index contributed by atoms with van der Waals surface area (Å²) in [6.45, 7) is 4.41. The SMILES string of the molecule is CC(C)CCSc1c(/C(N)=N/O)cnc2ccccc12. The summed E-state index contributed by atoms with van der Waals surface area (Å²) in [6.07, 6.45) is 2.80. The lowest BCUT2D eigenvalue weighted by molar-refractivity contribution is 0.318. The van der Waals surface area contributed by atoms with Gasteiger partial charge in [-0.1, -0.05) is 37.2 Å². The fraction of sp³-hybridized carbons (Fsp3) is 0.333. The summed E-state index contributed by atoms with van der Waals surface area (Å²) in [5.74, 6) is 1.76. The molecule has 1 aromatic carbocycles. The van der Waals surface area contributed by atoms with Crippen molar-refractivity contribution in [3.05, 3.63) is 36.0 Å². The molecule has 0 fully saturated rings. The molecule has 2 aromatic rings. The van der Waals surface area contributed by atoms with E-state index < -0.39 is 0 Å². The number of hydrogen-bond donors (Lipinski definition) is 2. The zero-order valence-corrected chi connectivity index (χ0v) is 12.5.